The van der Waals surface area contributed by atoms with Gasteiger partial charge in [0.05, 0.1) is 11.5 Å². The Balaban J connectivity index is 1.57. The van der Waals surface area contributed by atoms with E-state index < -0.39 is 9.84 Å². The quantitative estimate of drug-likeness (QED) is 0.633. The van der Waals surface area contributed by atoms with E-state index in [0.29, 0.717) is 12.3 Å². The minimum atomic E-state index is -2.83. The Labute approximate surface area is 150 Å². The van der Waals surface area contributed by atoms with E-state index in [0.717, 1.165) is 44.1 Å². The summed E-state index contributed by atoms with van der Waals surface area (Å²) in [6.45, 7) is 3.44. The average Bonchev–Trinajstić information content (AvgIpc) is 2.98. The Morgan fingerprint density at radius 3 is 2.80 bits per heavy atom. The van der Waals surface area contributed by atoms with Gasteiger partial charge in [0, 0.05) is 44.5 Å². The lowest BCUT2D eigenvalue weighted by atomic mass is 10.1. The molecule has 1 unspecified atom stereocenters. The third-order valence-corrected chi connectivity index (χ3v) is 6.71. The number of piperidine rings is 1. The van der Waals surface area contributed by atoms with Gasteiger partial charge < -0.3 is 10.2 Å². The van der Waals surface area contributed by atoms with Gasteiger partial charge in [-0.3, -0.25) is 9.98 Å². The molecule has 0 amide bonds. The molecule has 2 aliphatic rings. The van der Waals surface area contributed by atoms with Crippen molar-refractivity contribution in [1.82, 2.24) is 15.2 Å². The van der Waals surface area contributed by atoms with Crippen molar-refractivity contribution in [3.8, 4) is 0 Å². The summed E-state index contributed by atoms with van der Waals surface area (Å²) < 4.78 is 23.3. The predicted octanol–water partition coefficient (Wildman–Crippen LogP) is 1.49. The largest absolute Gasteiger partial charge is 0.356 e. The van der Waals surface area contributed by atoms with Crippen molar-refractivity contribution in [3.63, 3.8) is 0 Å². The van der Waals surface area contributed by atoms with Crippen LogP contribution in [0.3, 0.4) is 0 Å². The highest BCUT2D eigenvalue weighted by Gasteiger charge is 2.27. The van der Waals surface area contributed by atoms with Crippen LogP contribution >= 0.6 is 0 Å². The van der Waals surface area contributed by atoms with Crippen molar-refractivity contribution in [2.75, 3.05) is 37.7 Å². The van der Waals surface area contributed by atoms with Crippen LogP contribution in [-0.4, -0.2) is 61.9 Å². The number of aromatic nitrogens is 1. The normalized spacial score (nSPS) is 23.6. The highest BCUT2D eigenvalue weighted by Crippen LogP contribution is 2.19. The molecule has 1 aromatic heterocycles. The van der Waals surface area contributed by atoms with E-state index in [9.17, 15) is 8.42 Å². The van der Waals surface area contributed by atoms with Crippen LogP contribution in [0.1, 0.15) is 31.4 Å². The average molecular weight is 365 g/mol. The third kappa shape index (κ3) is 5.70. The molecule has 1 aromatic rings. The number of hydrogen-bond donors (Lipinski definition) is 1. The van der Waals surface area contributed by atoms with Crippen LogP contribution in [0, 0.1) is 5.92 Å². The molecule has 2 fully saturated rings. The molecule has 0 spiro atoms. The number of likely N-dealkylation sites (tertiary alicyclic amines) is 1. The maximum absolute atomic E-state index is 11.6. The van der Waals surface area contributed by atoms with Gasteiger partial charge in [0.15, 0.2) is 15.8 Å². The number of aliphatic imine (C=N–C) groups is 1. The van der Waals surface area contributed by atoms with Gasteiger partial charge in [-0.2, -0.15) is 0 Å². The van der Waals surface area contributed by atoms with Gasteiger partial charge >= 0.3 is 0 Å². The molecule has 1 N–H and O–H groups in total. The van der Waals surface area contributed by atoms with Gasteiger partial charge in [-0.1, -0.05) is 6.07 Å². The number of hydrogen-bond acceptors (Lipinski definition) is 4. The summed E-state index contributed by atoms with van der Waals surface area (Å²) >= 11 is 0. The van der Waals surface area contributed by atoms with E-state index in [1.807, 2.05) is 24.4 Å². The molecule has 2 saturated heterocycles. The highest BCUT2D eigenvalue weighted by atomic mass is 32.2. The SMILES string of the molecule is O=S1(=O)CCC(CN=C(NCCc2ccccn2)N2CCCCC2)C1. The number of nitrogens with one attached hydrogen (secondary N) is 1. The van der Waals surface area contributed by atoms with Crippen LogP contribution in [-0.2, 0) is 16.3 Å². The number of guanidine groups is 1. The first-order chi connectivity index (χ1) is 12.1. The van der Waals surface area contributed by atoms with Crippen molar-refractivity contribution in [2.24, 2.45) is 10.9 Å². The second-order valence-electron chi connectivity index (χ2n) is 6.98. The molecule has 3 heterocycles. The number of rotatable bonds is 5. The molecule has 3 rings (SSSR count). The molecule has 0 radical (unpaired) electrons. The molecule has 0 aromatic carbocycles. The fourth-order valence-electron chi connectivity index (χ4n) is 3.45. The summed E-state index contributed by atoms with van der Waals surface area (Å²) in [6.07, 6.45) is 7.07. The first kappa shape index (κ1) is 18.2. The molecule has 7 heteroatoms. The van der Waals surface area contributed by atoms with E-state index in [1.54, 1.807) is 0 Å². The van der Waals surface area contributed by atoms with Crippen molar-refractivity contribution < 1.29 is 8.42 Å². The summed E-state index contributed by atoms with van der Waals surface area (Å²) in [6, 6.07) is 5.96. The third-order valence-electron chi connectivity index (χ3n) is 4.87. The maximum atomic E-state index is 11.6. The Bertz CT molecular complexity index is 670. The smallest absolute Gasteiger partial charge is 0.193 e. The van der Waals surface area contributed by atoms with Crippen LogP contribution < -0.4 is 5.32 Å². The molecule has 1 atom stereocenters. The zero-order chi connectivity index (χ0) is 17.5. The molecule has 0 saturated carbocycles. The van der Waals surface area contributed by atoms with Crippen molar-refractivity contribution in [2.45, 2.75) is 32.1 Å². The topological polar surface area (TPSA) is 74.7 Å². The minimum Gasteiger partial charge on any atom is -0.356 e. The van der Waals surface area contributed by atoms with E-state index in [-0.39, 0.29) is 11.7 Å². The van der Waals surface area contributed by atoms with Crippen LogP contribution in [0.2, 0.25) is 0 Å². The molecule has 0 bridgehead atoms. The van der Waals surface area contributed by atoms with E-state index in [2.05, 4.69) is 15.2 Å². The van der Waals surface area contributed by atoms with Crippen LogP contribution in [0.25, 0.3) is 0 Å². The van der Waals surface area contributed by atoms with Gasteiger partial charge in [0.25, 0.3) is 0 Å². The Morgan fingerprint density at radius 1 is 1.28 bits per heavy atom. The molecule has 138 valence electrons. The monoisotopic (exact) mass is 364 g/mol. The van der Waals surface area contributed by atoms with E-state index >= 15 is 0 Å². The first-order valence-corrected chi connectivity index (χ1v) is 11.1. The minimum absolute atomic E-state index is 0.169. The van der Waals surface area contributed by atoms with Crippen molar-refractivity contribution >= 4 is 15.8 Å². The van der Waals surface area contributed by atoms with E-state index in [4.69, 9.17) is 4.99 Å². The summed E-state index contributed by atoms with van der Waals surface area (Å²) in [7, 11) is -2.83. The van der Waals surface area contributed by atoms with Crippen molar-refractivity contribution in [1.29, 1.82) is 0 Å². The summed E-state index contributed by atoms with van der Waals surface area (Å²) in [5.41, 5.74) is 1.06. The van der Waals surface area contributed by atoms with Crippen LogP contribution in [0.4, 0.5) is 0 Å². The number of sulfone groups is 1. The number of nitrogens with zero attached hydrogens (tertiary/aromatic N) is 3. The Morgan fingerprint density at radius 2 is 2.12 bits per heavy atom. The van der Waals surface area contributed by atoms with Gasteiger partial charge in [0.2, 0.25) is 0 Å². The molecular weight excluding hydrogens is 336 g/mol. The van der Waals surface area contributed by atoms with Gasteiger partial charge in [-0.15, -0.1) is 0 Å². The van der Waals surface area contributed by atoms with Crippen LogP contribution in [0.5, 0.6) is 0 Å². The van der Waals surface area contributed by atoms with Gasteiger partial charge in [0.1, 0.15) is 0 Å². The van der Waals surface area contributed by atoms with Gasteiger partial charge in [-0.25, -0.2) is 8.42 Å². The predicted molar refractivity (Wildman–Crippen MR) is 100 cm³/mol. The summed E-state index contributed by atoms with van der Waals surface area (Å²) in [5, 5.41) is 3.47. The maximum Gasteiger partial charge on any atom is 0.193 e. The zero-order valence-corrected chi connectivity index (χ0v) is 15.5. The molecule has 25 heavy (non-hydrogen) atoms. The molecule has 0 aliphatic carbocycles. The van der Waals surface area contributed by atoms with E-state index in [1.165, 1.54) is 19.3 Å². The second-order valence-corrected chi connectivity index (χ2v) is 9.21. The molecular formula is C18H28N4O2S. The first-order valence-electron chi connectivity index (χ1n) is 9.26. The Hall–Kier alpha value is -1.63. The second kappa shape index (κ2) is 8.65. The zero-order valence-electron chi connectivity index (χ0n) is 14.7. The summed E-state index contributed by atoms with van der Waals surface area (Å²) in [4.78, 5) is 11.4. The molecule has 2 aliphatic heterocycles. The van der Waals surface area contributed by atoms with Crippen molar-refractivity contribution in [3.05, 3.63) is 30.1 Å². The lowest BCUT2D eigenvalue weighted by molar-refractivity contribution is 0.330. The van der Waals surface area contributed by atoms with Gasteiger partial charge in [-0.05, 0) is 43.7 Å². The standard InChI is InChI=1S/C18H28N4O2S/c23-25(24)13-8-16(15-25)14-21-18(22-11-4-1-5-12-22)20-10-7-17-6-2-3-9-19-17/h2-3,6,9,16H,1,4-5,7-8,10-15H2,(H,20,21). The fourth-order valence-corrected chi connectivity index (χ4v) is 5.30. The van der Waals surface area contributed by atoms with Crippen LogP contribution in [0.15, 0.2) is 29.4 Å². The lowest BCUT2D eigenvalue weighted by Gasteiger charge is -2.30. The lowest BCUT2D eigenvalue weighted by Crippen LogP contribution is -2.45. The summed E-state index contributed by atoms with van der Waals surface area (Å²) in [5.74, 6) is 1.71. The Kier molecular flexibility index (Phi) is 6.29. The molecule has 6 nitrogen and oxygen atoms in total. The number of pyridine rings is 1. The highest BCUT2D eigenvalue weighted by molar-refractivity contribution is 7.91. The fraction of sp³-hybridized carbons (Fsp3) is 0.667.